The van der Waals surface area contributed by atoms with Crippen LogP contribution in [-0.2, 0) is 13.6 Å². The summed E-state index contributed by atoms with van der Waals surface area (Å²) in [7, 11) is -0.932. The van der Waals surface area contributed by atoms with Gasteiger partial charge in [-0.1, -0.05) is 18.2 Å². The fourth-order valence-electron chi connectivity index (χ4n) is 5.07. The minimum absolute atomic E-state index is 0.240. The molecule has 7 nitrogen and oxygen atoms in total. The zero-order valence-electron chi connectivity index (χ0n) is 23.1. The molecule has 2 aromatic carbocycles. The van der Waals surface area contributed by atoms with Gasteiger partial charge in [-0.3, -0.25) is 9.59 Å². The van der Waals surface area contributed by atoms with Gasteiger partial charge in [0.15, 0.2) is 25.7 Å². The molecule has 0 N–H and O–H groups in total. The van der Waals surface area contributed by atoms with Crippen molar-refractivity contribution in [3.8, 4) is 11.5 Å². The van der Waals surface area contributed by atoms with Crippen LogP contribution in [0.5, 0.6) is 11.5 Å². The molecule has 37 heavy (non-hydrogen) atoms. The average Bonchev–Trinajstić information content (AvgIpc) is 2.77. The molecule has 2 aromatic rings. The van der Waals surface area contributed by atoms with Crippen LogP contribution >= 0.6 is 0 Å². The lowest BCUT2D eigenvalue weighted by molar-refractivity contribution is -0.185. The number of hydrogen-bond acceptors (Lipinski definition) is 7. The first-order valence-electron chi connectivity index (χ1n) is 12.4. The van der Waals surface area contributed by atoms with Crippen molar-refractivity contribution in [2.75, 3.05) is 14.2 Å². The Bertz CT molecular complexity index is 1290. The van der Waals surface area contributed by atoms with Gasteiger partial charge in [0.1, 0.15) is 11.5 Å². The van der Waals surface area contributed by atoms with Gasteiger partial charge in [-0.2, -0.15) is 0 Å². The molecule has 1 unspecified atom stereocenters. The van der Waals surface area contributed by atoms with Gasteiger partial charge in [0.05, 0.1) is 37.2 Å². The molecule has 1 heterocycles. The normalized spacial score (nSPS) is 21.6. The number of carbonyl (C=O) groups is 2. The highest BCUT2D eigenvalue weighted by atomic mass is 28.4. The minimum Gasteiger partial charge on any atom is -0.547 e. The average molecular weight is 541 g/mol. The first-order valence-corrected chi connectivity index (χ1v) is 19.2. The quantitative estimate of drug-likeness (QED) is 0.328. The predicted octanol–water partition coefficient (Wildman–Crippen LogP) is 6.24. The second-order valence-corrected chi connectivity index (χ2v) is 20.4. The second kappa shape index (κ2) is 9.54. The molecule has 0 amide bonds. The summed E-state index contributed by atoms with van der Waals surface area (Å²) in [5, 5.41) is 0. The van der Waals surface area contributed by atoms with Crippen LogP contribution in [0.4, 0.5) is 0 Å². The summed E-state index contributed by atoms with van der Waals surface area (Å²) >= 11 is 0. The van der Waals surface area contributed by atoms with Gasteiger partial charge in [0, 0.05) is 29.2 Å². The van der Waals surface area contributed by atoms with Crippen molar-refractivity contribution in [3.63, 3.8) is 0 Å². The zero-order valence-corrected chi connectivity index (χ0v) is 25.1. The van der Waals surface area contributed by atoms with Gasteiger partial charge in [0.25, 0.3) is 0 Å². The number of fused-ring (bicyclic) bond motifs is 2. The first kappa shape index (κ1) is 27.3. The summed E-state index contributed by atoms with van der Waals surface area (Å²) in [6.45, 7) is 14.6. The molecule has 0 saturated heterocycles. The zero-order chi connectivity index (χ0) is 27.3. The molecule has 0 fully saturated rings. The molecule has 1 aliphatic carbocycles. The van der Waals surface area contributed by atoms with Gasteiger partial charge in [0.2, 0.25) is 8.32 Å². The van der Waals surface area contributed by atoms with Crippen molar-refractivity contribution < 1.29 is 32.7 Å². The molecular formula is C28H36O7Si2. The van der Waals surface area contributed by atoms with E-state index in [0.29, 0.717) is 29.0 Å². The van der Waals surface area contributed by atoms with E-state index in [1.165, 1.54) is 14.2 Å². The summed E-state index contributed by atoms with van der Waals surface area (Å²) in [5.41, 5.74) is 1.77. The summed E-state index contributed by atoms with van der Waals surface area (Å²) in [6.07, 6.45) is 1.88. The Hall–Kier alpha value is -2.73. The van der Waals surface area contributed by atoms with E-state index in [1.807, 2.05) is 13.0 Å². The summed E-state index contributed by atoms with van der Waals surface area (Å²) in [6, 6.07) is 8.52. The van der Waals surface area contributed by atoms with Gasteiger partial charge < -0.3 is 23.1 Å². The molecule has 2 atom stereocenters. The standard InChI is InChI=1S/C28H36O7Si2/c1-28(35-37(7,8)9)16-17(34-36(4,5)6)15-22(33-28)18-13-14-20-24(27(18)32-3)26(30)19-11-10-12-21(31-2)23(19)25(20)29/h10-14,16,22H,15H2,1-9H3/t22-,28?/m1/s1. The highest BCUT2D eigenvalue weighted by Gasteiger charge is 2.42. The predicted molar refractivity (Wildman–Crippen MR) is 147 cm³/mol. The number of ether oxygens (including phenoxy) is 3. The molecule has 0 radical (unpaired) electrons. The summed E-state index contributed by atoms with van der Waals surface area (Å²) in [5.74, 6) is -0.0624. The van der Waals surface area contributed by atoms with Gasteiger partial charge >= 0.3 is 0 Å². The van der Waals surface area contributed by atoms with Crippen LogP contribution < -0.4 is 9.47 Å². The Morgan fingerprint density at radius 3 is 2.11 bits per heavy atom. The maximum absolute atomic E-state index is 13.7. The van der Waals surface area contributed by atoms with E-state index in [1.54, 1.807) is 30.3 Å². The molecule has 9 heteroatoms. The molecule has 1 aliphatic heterocycles. The topological polar surface area (TPSA) is 80.3 Å². The maximum atomic E-state index is 13.7. The van der Waals surface area contributed by atoms with Crippen molar-refractivity contribution in [2.24, 2.45) is 0 Å². The number of carbonyl (C=O) groups excluding carboxylic acids is 2. The van der Waals surface area contributed by atoms with E-state index in [9.17, 15) is 9.59 Å². The third-order valence-corrected chi connectivity index (χ3v) is 7.95. The molecule has 0 saturated carbocycles. The number of hydrogen-bond donors (Lipinski definition) is 0. The fourth-order valence-corrected chi connectivity index (χ4v) is 7.32. The minimum atomic E-state index is -2.01. The molecule has 4 rings (SSSR count). The maximum Gasteiger partial charge on any atom is 0.241 e. The van der Waals surface area contributed by atoms with Crippen molar-refractivity contribution in [3.05, 3.63) is 70.0 Å². The van der Waals surface area contributed by atoms with E-state index in [4.69, 9.17) is 23.1 Å². The van der Waals surface area contributed by atoms with E-state index in [0.717, 1.165) is 5.76 Å². The van der Waals surface area contributed by atoms with Gasteiger partial charge in [-0.25, -0.2) is 0 Å². The van der Waals surface area contributed by atoms with Gasteiger partial charge in [-0.15, -0.1) is 0 Å². The van der Waals surface area contributed by atoms with Gasteiger partial charge in [-0.05, 0) is 58.3 Å². The molecule has 198 valence electrons. The largest absolute Gasteiger partial charge is 0.547 e. The monoisotopic (exact) mass is 540 g/mol. The molecule has 0 spiro atoms. The molecular weight excluding hydrogens is 504 g/mol. The van der Waals surface area contributed by atoms with Crippen LogP contribution in [0.25, 0.3) is 0 Å². The second-order valence-electron chi connectivity index (χ2n) is 11.5. The number of ketones is 2. The van der Waals surface area contributed by atoms with E-state index in [2.05, 4.69) is 39.3 Å². The highest BCUT2D eigenvalue weighted by Crippen LogP contribution is 2.46. The van der Waals surface area contributed by atoms with Crippen LogP contribution in [0, 0.1) is 0 Å². The lowest BCUT2D eigenvalue weighted by atomic mass is 9.81. The van der Waals surface area contributed by atoms with Crippen LogP contribution in [0.3, 0.4) is 0 Å². The van der Waals surface area contributed by atoms with Crippen molar-refractivity contribution in [1.29, 1.82) is 0 Å². The lowest BCUT2D eigenvalue weighted by Crippen LogP contribution is -2.44. The lowest BCUT2D eigenvalue weighted by Gasteiger charge is -2.42. The first-order chi connectivity index (χ1) is 17.2. The number of methoxy groups -OCH3 is 2. The Balaban J connectivity index is 1.83. The summed E-state index contributed by atoms with van der Waals surface area (Å²) < 4.78 is 30.6. The molecule has 2 aliphatic rings. The van der Waals surface area contributed by atoms with Crippen LogP contribution in [-0.4, -0.2) is 48.2 Å². The summed E-state index contributed by atoms with van der Waals surface area (Å²) in [4.78, 5) is 27.2. The third kappa shape index (κ3) is 5.45. The fraction of sp³-hybridized carbons (Fsp3) is 0.429. The highest BCUT2D eigenvalue weighted by molar-refractivity contribution is 6.70. The van der Waals surface area contributed by atoms with Crippen LogP contribution in [0.1, 0.15) is 56.9 Å². The Kier molecular flexibility index (Phi) is 7.04. The molecule has 0 aromatic heterocycles. The van der Waals surface area contributed by atoms with Crippen molar-refractivity contribution >= 4 is 28.2 Å². The molecule has 0 bridgehead atoms. The van der Waals surface area contributed by atoms with E-state index in [-0.39, 0.29) is 28.3 Å². The Morgan fingerprint density at radius 1 is 0.865 bits per heavy atom. The third-order valence-electron chi connectivity index (χ3n) is 6.06. The number of rotatable bonds is 7. The SMILES string of the molecule is COc1cccc2c1C(=O)c1ccc([C@H]3CC(O[Si](C)(C)C)=CC(C)(O[Si](C)(C)C)O3)c(OC)c1C2=O. The number of benzene rings is 2. The van der Waals surface area contributed by atoms with Crippen molar-refractivity contribution in [2.45, 2.75) is 64.5 Å². The van der Waals surface area contributed by atoms with Crippen LogP contribution in [0.2, 0.25) is 39.3 Å². The smallest absolute Gasteiger partial charge is 0.241 e. The van der Waals surface area contributed by atoms with Crippen molar-refractivity contribution in [1.82, 2.24) is 0 Å². The Labute approximate surface area is 221 Å². The van der Waals surface area contributed by atoms with E-state index >= 15 is 0 Å². The van der Waals surface area contributed by atoms with Crippen LogP contribution in [0.15, 0.2) is 42.2 Å². The Morgan fingerprint density at radius 2 is 1.51 bits per heavy atom. The van der Waals surface area contributed by atoms with E-state index < -0.39 is 28.5 Å².